The van der Waals surface area contributed by atoms with E-state index in [1.165, 1.54) is 36.8 Å². The van der Waals surface area contributed by atoms with E-state index in [4.69, 9.17) is 0 Å². The van der Waals surface area contributed by atoms with Gasteiger partial charge in [0.1, 0.15) is 0 Å². The zero-order valence-electron chi connectivity index (χ0n) is 13.2. The lowest BCUT2D eigenvalue weighted by Crippen LogP contribution is -2.24. The predicted octanol–water partition coefficient (Wildman–Crippen LogP) is 3.19. The van der Waals surface area contributed by atoms with Gasteiger partial charge in [-0.25, -0.2) is 13.1 Å². The summed E-state index contributed by atoms with van der Waals surface area (Å²) in [6.45, 7) is 1.86. The zero-order chi connectivity index (χ0) is 16.7. The smallest absolute Gasteiger partial charge is 0.240 e. The molecule has 0 unspecified atom stereocenters. The van der Waals surface area contributed by atoms with Gasteiger partial charge in [-0.15, -0.1) is 0 Å². The molecule has 0 aliphatic carbocycles. The van der Waals surface area contributed by atoms with Crippen LogP contribution in [-0.2, 0) is 16.4 Å². The molecule has 2 aromatic rings. The second-order valence-electron chi connectivity index (χ2n) is 5.42. The van der Waals surface area contributed by atoms with E-state index in [9.17, 15) is 13.2 Å². The molecule has 0 aromatic heterocycles. The molecule has 0 atom stereocenters. The Morgan fingerprint density at radius 1 is 0.957 bits per heavy atom. The average Bonchev–Trinajstić information content (AvgIpc) is 2.55. The summed E-state index contributed by atoms with van der Waals surface area (Å²) in [5, 5.41) is 0. The number of hydrogen-bond acceptors (Lipinski definition) is 3. The fourth-order valence-electron chi connectivity index (χ4n) is 2.26. The summed E-state index contributed by atoms with van der Waals surface area (Å²) in [6, 6.07) is 16.1. The highest BCUT2D eigenvalue weighted by molar-refractivity contribution is 7.89. The highest BCUT2D eigenvalue weighted by Crippen LogP contribution is 2.11. The Hall–Kier alpha value is -1.98. The van der Waals surface area contributed by atoms with E-state index in [0.29, 0.717) is 12.1 Å². The van der Waals surface area contributed by atoms with Gasteiger partial charge < -0.3 is 0 Å². The number of benzene rings is 2. The van der Waals surface area contributed by atoms with Crippen molar-refractivity contribution < 1.29 is 13.2 Å². The van der Waals surface area contributed by atoms with Crippen LogP contribution in [0.3, 0.4) is 0 Å². The molecular weight excluding hydrogens is 310 g/mol. The molecule has 0 aliphatic rings. The van der Waals surface area contributed by atoms with Crippen molar-refractivity contribution in [2.45, 2.75) is 31.1 Å². The molecule has 0 saturated heterocycles. The van der Waals surface area contributed by atoms with Crippen LogP contribution in [-0.4, -0.2) is 20.7 Å². The number of sulfonamides is 1. The number of carbonyl (C=O) groups is 1. The van der Waals surface area contributed by atoms with Crippen molar-refractivity contribution in [1.82, 2.24) is 4.72 Å². The largest absolute Gasteiger partial charge is 0.295 e. The van der Waals surface area contributed by atoms with Crippen molar-refractivity contribution in [1.29, 1.82) is 0 Å². The Morgan fingerprint density at radius 3 is 2.22 bits per heavy atom. The summed E-state index contributed by atoms with van der Waals surface area (Å²) in [5.41, 5.74) is 1.77. The number of carbonyl (C=O) groups excluding carboxylic acids is 1. The molecule has 2 rings (SSSR count). The van der Waals surface area contributed by atoms with Gasteiger partial charge in [0.15, 0.2) is 5.78 Å². The first-order valence-electron chi connectivity index (χ1n) is 7.63. The molecule has 23 heavy (non-hydrogen) atoms. The van der Waals surface area contributed by atoms with Crippen LogP contribution in [0.2, 0.25) is 0 Å². The molecule has 4 nitrogen and oxygen atoms in total. The summed E-state index contributed by atoms with van der Waals surface area (Å²) in [5.74, 6) is -0.0807. The molecule has 0 radical (unpaired) electrons. The summed E-state index contributed by atoms with van der Waals surface area (Å²) >= 11 is 0. The van der Waals surface area contributed by atoms with Gasteiger partial charge in [-0.2, -0.15) is 0 Å². The Kier molecular flexibility index (Phi) is 6.07. The lowest BCUT2D eigenvalue weighted by Gasteiger charge is -2.07. The van der Waals surface area contributed by atoms with Crippen molar-refractivity contribution in [3.63, 3.8) is 0 Å². The first-order valence-corrected chi connectivity index (χ1v) is 9.12. The third-order valence-electron chi connectivity index (χ3n) is 3.60. The van der Waals surface area contributed by atoms with Crippen LogP contribution >= 0.6 is 0 Å². The minimum atomic E-state index is -3.51. The van der Waals surface area contributed by atoms with Gasteiger partial charge in [0, 0.05) is 12.1 Å². The van der Waals surface area contributed by atoms with E-state index in [0.717, 1.165) is 19.3 Å². The van der Waals surface area contributed by atoms with Crippen molar-refractivity contribution >= 4 is 15.8 Å². The van der Waals surface area contributed by atoms with Crippen LogP contribution in [0.4, 0.5) is 0 Å². The Balaban J connectivity index is 1.81. The maximum Gasteiger partial charge on any atom is 0.240 e. The summed E-state index contributed by atoms with van der Waals surface area (Å²) in [7, 11) is -3.51. The first kappa shape index (κ1) is 17.4. The lowest BCUT2D eigenvalue weighted by molar-refractivity contribution is 0.101. The second-order valence-corrected chi connectivity index (χ2v) is 7.19. The first-order chi connectivity index (χ1) is 11.0. The van der Waals surface area contributed by atoms with E-state index >= 15 is 0 Å². The van der Waals surface area contributed by atoms with Crippen molar-refractivity contribution in [3.05, 3.63) is 65.7 Å². The van der Waals surface area contributed by atoms with E-state index in [1.54, 1.807) is 0 Å². The number of nitrogens with one attached hydrogen (secondary N) is 1. The zero-order valence-corrected chi connectivity index (χ0v) is 14.0. The third kappa shape index (κ3) is 5.30. The van der Waals surface area contributed by atoms with Crippen LogP contribution in [0.5, 0.6) is 0 Å². The number of hydrogen-bond donors (Lipinski definition) is 1. The van der Waals surface area contributed by atoms with Crippen molar-refractivity contribution in [3.8, 4) is 0 Å². The van der Waals surface area contributed by atoms with E-state index in [1.807, 2.05) is 18.2 Å². The molecule has 122 valence electrons. The van der Waals surface area contributed by atoms with Crippen LogP contribution < -0.4 is 4.72 Å². The van der Waals surface area contributed by atoms with Gasteiger partial charge >= 0.3 is 0 Å². The fourth-order valence-corrected chi connectivity index (χ4v) is 3.33. The summed E-state index contributed by atoms with van der Waals surface area (Å²) < 4.78 is 26.9. The molecular formula is C18H21NO3S. The average molecular weight is 331 g/mol. The Morgan fingerprint density at radius 2 is 1.61 bits per heavy atom. The highest BCUT2D eigenvalue weighted by atomic mass is 32.2. The van der Waals surface area contributed by atoms with E-state index in [2.05, 4.69) is 16.9 Å². The number of aryl methyl sites for hydroxylation is 1. The standard InChI is InChI=1S/C18H21NO3S/c1-15(20)17-10-12-18(13-11-17)23(21,22)19-14-6-5-9-16-7-3-2-4-8-16/h2-4,7-8,10-13,19H,5-6,9,14H2,1H3. The van der Waals surface area contributed by atoms with Crippen LogP contribution in [0.25, 0.3) is 0 Å². The number of rotatable bonds is 8. The number of unbranched alkanes of at least 4 members (excludes halogenated alkanes) is 1. The van der Waals surface area contributed by atoms with Crippen LogP contribution in [0.15, 0.2) is 59.5 Å². The summed E-state index contributed by atoms with van der Waals surface area (Å²) in [4.78, 5) is 11.4. The molecule has 5 heteroatoms. The topological polar surface area (TPSA) is 63.2 Å². The van der Waals surface area contributed by atoms with Gasteiger partial charge in [-0.1, -0.05) is 42.5 Å². The molecule has 0 fully saturated rings. The Labute approximate surface area is 137 Å². The second kappa shape index (κ2) is 8.04. The molecule has 0 amide bonds. The quantitative estimate of drug-likeness (QED) is 0.597. The van der Waals surface area contributed by atoms with Gasteiger partial charge in [0.05, 0.1) is 4.90 Å². The van der Waals surface area contributed by atoms with Crippen molar-refractivity contribution in [2.24, 2.45) is 0 Å². The van der Waals surface area contributed by atoms with Gasteiger partial charge in [0.2, 0.25) is 10.0 Å². The van der Waals surface area contributed by atoms with E-state index in [-0.39, 0.29) is 10.7 Å². The molecule has 0 bridgehead atoms. The van der Waals surface area contributed by atoms with Crippen LogP contribution in [0.1, 0.15) is 35.7 Å². The van der Waals surface area contributed by atoms with Crippen LogP contribution in [0, 0.1) is 0 Å². The fraction of sp³-hybridized carbons (Fsp3) is 0.278. The minimum absolute atomic E-state index is 0.0807. The monoisotopic (exact) mass is 331 g/mol. The SMILES string of the molecule is CC(=O)c1ccc(S(=O)(=O)NCCCCc2ccccc2)cc1. The molecule has 0 saturated carbocycles. The molecule has 2 aromatic carbocycles. The predicted molar refractivity (Wildman–Crippen MR) is 91.0 cm³/mol. The molecule has 0 aliphatic heterocycles. The minimum Gasteiger partial charge on any atom is -0.295 e. The Bertz CT molecular complexity index is 738. The van der Waals surface area contributed by atoms with Crippen molar-refractivity contribution in [2.75, 3.05) is 6.54 Å². The third-order valence-corrected chi connectivity index (χ3v) is 5.08. The molecule has 0 spiro atoms. The number of Topliss-reactive ketones (excluding diaryl/α,β-unsaturated/α-hetero) is 1. The van der Waals surface area contributed by atoms with Gasteiger partial charge in [0.25, 0.3) is 0 Å². The maximum atomic E-state index is 12.2. The molecule has 1 N–H and O–H groups in total. The van der Waals surface area contributed by atoms with E-state index < -0.39 is 10.0 Å². The highest BCUT2D eigenvalue weighted by Gasteiger charge is 2.13. The normalized spacial score (nSPS) is 11.3. The van der Waals surface area contributed by atoms with Gasteiger partial charge in [-0.05, 0) is 43.9 Å². The lowest BCUT2D eigenvalue weighted by atomic mass is 10.1. The van der Waals surface area contributed by atoms with Gasteiger partial charge in [-0.3, -0.25) is 4.79 Å². The molecule has 0 heterocycles. The summed E-state index contributed by atoms with van der Waals surface area (Å²) in [6.07, 6.45) is 2.64. The number of ketones is 1. The maximum absolute atomic E-state index is 12.2.